The molecule has 6 nitrogen and oxygen atoms in total. The number of rotatable bonds is 3. The minimum Gasteiger partial charge on any atom is -0.480 e. The van der Waals surface area contributed by atoms with Crippen LogP contribution >= 0.6 is 0 Å². The first kappa shape index (κ1) is 9.53. The highest BCUT2D eigenvalue weighted by molar-refractivity contribution is 5.74. The number of aromatic amines is 1. The maximum absolute atomic E-state index is 11.1. The lowest BCUT2D eigenvalue weighted by molar-refractivity contribution is -0.138. The second-order valence-electron chi connectivity index (χ2n) is 2.61. The lowest BCUT2D eigenvalue weighted by Gasteiger charge is -2.02. The van der Waals surface area contributed by atoms with Crippen LogP contribution in [0.1, 0.15) is 18.7 Å². The predicted octanol–water partition coefficient (Wildman–Crippen LogP) is -0.719. The van der Waals surface area contributed by atoms with Gasteiger partial charge in [-0.05, 0) is 6.92 Å². The molecule has 0 aliphatic heterocycles. The number of nitrogens with two attached hydrogens (primary N) is 1. The van der Waals surface area contributed by atoms with Crippen molar-refractivity contribution in [3.63, 3.8) is 0 Å². The van der Waals surface area contributed by atoms with E-state index in [1.54, 1.807) is 6.92 Å². The molecule has 0 aliphatic rings. The molecule has 0 fully saturated rings. The summed E-state index contributed by atoms with van der Waals surface area (Å²) in [6, 6.07) is 0.0305. The van der Waals surface area contributed by atoms with Crippen LogP contribution in [-0.2, 0) is 11.3 Å². The van der Waals surface area contributed by atoms with E-state index in [-0.39, 0.29) is 11.3 Å². The van der Waals surface area contributed by atoms with Gasteiger partial charge in [-0.2, -0.15) is 0 Å². The van der Waals surface area contributed by atoms with Crippen molar-refractivity contribution in [2.75, 3.05) is 0 Å². The number of carboxylic acid groups (broad SMARTS) is 1. The van der Waals surface area contributed by atoms with Crippen LogP contribution < -0.4 is 11.3 Å². The van der Waals surface area contributed by atoms with Crippen LogP contribution in [0, 0.1) is 0 Å². The van der Waals surface area contributed by atoms with Crippen LogP contribution in [0.4, 0.5) is 0 Å². The maximum Gasteiger partial charge on any atom is 0.326 e. The van der Waals surface area contributed by atoms with Crippen molar-refractivity contribution < 1.29 is 9.90 Å². The van der Waals surface area contributed by atoms with Gasteiger partial charge in [0.15, 0.2) is 0 Å². The molecule has 0 saturated heterocycles. The molecule has 1 atom stereocenters. The molecular formula is C7H11N3O3. The van der Waals surface area contributed by atoms with Crippen molar-refractivity contribution in [1.82, 2.24) is 9.78 Å². The highest BCUT2D eigenvalue weighted by Gasteiger charge is 2.17. The molecule has 1 rings (SSSR count). The SMILES string of the molecule is CCn1[nH]c(C(N)C(=O)O)cc1=O. The number of aromatic nitrogens is 2. The minimum atomic E-state index is -1.17. The van der Waals surface area contributed by atoms with Gasteiger partial charge < -0.3 is 10.8 Å². The van der Waals surface area contributed by atoms with Gasteiger partial charge >= 0.3 is 5.97 Å². The zero-order chi connectivity index (χ0) is 10.0. The second kappa shape index (κ2) is 3.44. The number of carboxylic acids is 1. The number of hydrogen-bond donors (Lipinski definition) is 3. The standard InChI is InChI=1S/C7H11N3O3/c1-2-10-5(11)3-4(9-10)6(8)7(12)13/h3,6,9H,2,8H2,1H3,(H,12,13). The van der Waals surface area contributed by atoms with Crippen LogP contribution in [0.2, 0.25) is 0 Å². The Bertz CT molecular complexity index is 365. The number of H-pyrrole nitrogens is 1. The topological polar surface area (TPSA) is 101 Å². The monoisotopic (exact) mass is 185 g/mol. The number of nitrogens with zero attached hydrogens (tertiary/aromatic N) is 1. The Kier molecular flexibility index (Phi) is 2.52. The summed E-state index contributed by atoms with van der Waals surface area (Å²) in [5.74, 6) is -1.16. The van der Waals surface area contributed by atoms with Gasteiger partial charge in [0.1, 0.15) is 6.04 Å². The number of carbonyl (C=O) groups is 1. The molecule has 1 aromatic rings. The van der Waals surface area contributed by atoms with E-state index < -0.39 is 12.0 Å². The van der Waals surface area contributed by atoms with Crippen LogP contribution in [0.15, 0.2) is 10.9 Å². The van der Waals surface area contributed by atoms with E-state index in [4.69, 9.17) is 10.8 Å². The zero-order valence-corrected chi connectivity index (χ0v) is 7.15. The molecule has 4 N–H and O–H groups in total. The van der Waals surface area contributed by atoms with Gasteiger partial charge in [-0.1, -0.05) is 0 Å². The third kappa shape index (κ3) is 1.78. The summed E-state index contributed by atoms with van der Waals surface area (Å²) in [4.78, 5) is 21.5. The molecule has 6 heteroatoms. The fourth-order valence-electron chi connectivity index (χ4n) is 0.981. The fourth-order valence-corrected chi connectivity index (χ4v) is 0.981. The summed E-state index contributed by atoms with van der Waals surface area (Å²) in [6.07, 6.45) is 0. The molecule has 0 spiro atoms. The van der Waals surface area contributed by atoms with E-state index in [1.807, 2.05) is 0 Å². The van der Waals surface area contributed by atoms with Gasteiger partial charge in [-0.25, -0.2) is 0 Å². The van der Waals surface area contributed by atoms with Gasteiger partial charge in [-0.15, -0.1) is 0 Å². The maximum atomic E-state index is 11.1. The van der Waals surface area contributed by atoms with E-state index in [2.05, 4.69) is 5.10 Å². The third-order valence-electron chi connectivity index (χ3n) is 1.73. The number of aryl methyl sites for hydroxylation is 1. The first-order valence-corrected chi connectivity index (χ1v) is 3.84. The summed E-state index contributed by atoms with van der Waals surface area (Å²) in [6.45, 7) is 2.24. The zero-order valence-electron chi connectivity index (χ0n) is 7.15. The average Bonchev–Trinajstić information content (AvgIpc) is 2.45. The van der Waals surface area contributed by atoms with Gasteiger partial charge in [-0.3, -0.25) is 19.4 Å². The van der Waals surface area contributed by atoms with Crippen LogP contribution in [0.3, 0.4) is 0 Å². The minimum absolute atomic E-state index is 0.222. The van der Waals surface area contributed by atoms with Crippen LogP contribution in [0.5, 0.6) is 0 Å². The molecule has 0 aliphatic carbocycles. The molecule has 0 radical (unpaired) electrons. The smallest absolute Gasteiger partial charge is 0.326 e. The van der Waals surface area contributed by atoms with Crippen molar-refractivity contribution in [3.05, 3.63) is 22.1 Å². The fraction of sp³-hybridized carbons (Fsp3) is 0.429. The Labute approximate surface area is 74.0 Å². The van der Waals surface area contributed by atoms with Gasteiger partial charge in [0.2, 0.25) is 0 Å². The van der Waals surface area contributed by atoms with Crippen molar-refractivity contribution in [2.24, 2.45) is 5.73 Å². The molecule has 1 heterocycles. The first-order valence-electron chi connectivity index (χ1n) is 3.84. The second-order valence-corrected chi connectivity index (χ2v) is 2.61. The largest absolute Gasteiger partial charge is 0.480 e. The predicted molar refractivity (Wildman–Crippen MR) is 45.3 cm³/mol. The number of nitrogens with one attached hydrogen (secondary N) is 1. The number of aliphatic carboxylic acids is 1. The Hall–Kier alpha value is -1.56. The Morgan fingerprint density at radius 3 is 2.85 bits per heavy atom. The highest BCUT2D eigenvalue weighted by Crippen LogP contribution is 2.03. The van der Waals surface area contributed by atoms with E-state index in [1.165, 1.54) is 10.7 Å². The molecule has 0 saturated carbocycles. The summed E-state index contributed by atoms with van der Waals surface area (Å²) in [7, 11) is 0. The average molecular weight is 185 g/mol. The number of hydrogen-bond acceptors (Lipinski definition) is 3. The third-order valence-corrected chi connectivity index (χ3v) is 1.73. The lowest BCUT2D eigenvalue weighted by atomic mass is 10.2. The molecular weight excluding hydrogens is 174 g/mol. The normalized spacial score (nSPS) is 12.8. The molecule has 72 valence electrons. The van der Waals surface area contributed by atoms with E-state index in [9.17, 15) is 9.59 Å². The summed E-state index contributed by atoms with van der Waals surface area (Å²) >= 11 is 0. The van der Waals surface area contributed by atoms with Crippen LogP contribution in [0.25, 0.3) is 0 Å². The van der Waals surface area contributed by atoms with E-state index in [0.29, 0.717) is 6.54 Å². The van der Waals surface area contributed by atoms with Crippen molar-refractivity contribution >= 4 is 5.97 Å². The quantitative estimate of drug-likeness (QED) is 0.578. The molecule has 1 aromatic heterocycles. The van der Waals surface area contributed by atoms with Crippen LogP contribution in [-0.4, -0.2) is 20.9 Å². The van der Waals surface area contributed by atoms with Gasteiger partial charge in [0.25, 0.3) is 5.56 Å². The van der Waals surface area contributed by atoms with E-state index >= 15 is 0 Å². The molecule has 0 bridgehead atoms. The molecule has 0 amide bonds. The summed E-state index contributed by atoms with van der Waals surface area (Å²) in [5.41, 5.74) is 5.24. The van der Waals surface area contributed by atoms with Crippen molar-refractivity contribution in [1.29, 1.82) is 0 Å². The van der Waals surface area contributed by atoms with E-state index in [0.717, 1.165) is 0 Å². The Balaban J connectivity index is 3.03. The highest BCUT2D eigenvalue weighted by atomic mass is 16.4. The van der Waals surface area contributed by atoms with Gasteiger partial charge in [0, 0.05) is 12.6 Å². The molecule has 13 heavy (non-hydrogen) atoms. The molecule has 1 unspecified atom stereocenters. The Morgan fingerprint density at radius 2 is 2.46 bits per heavy atom. The first-order chi connectivity index (χ1) is 6.06. The van der Waals surface area contributed by atoms with Gasteiger partial charge in [0.05, 0.1) is 5.69 Å². The van der Waals surface area contributed by atoms with Crippen molar-refractivity contribution in [3.8, 4) is 0 Å². The van der Waals surface area contributed by atoms with Crippen molar-refractivity contribution in [2.45, 2.75) is 19.5 Å². The molecule has 0 aromatic carbocycles. The Morgan fingerprint density at radius 1 is 1.85 bits per heavy atom. The summed E-state index contributed by atoms with van der Waals surface area (Å²) < 4.78 is 1.29. The lowest BCUT2D eigenvalue weighted by Crippen LogP contribution is -2.21. The summed E-state index contributed by atoms with van der Waals surface area (Å²) in [5, 5.41) is 11.2.